The zero-order chi connectivity index (χ0) is 28.3. The average Bonchev–Trinajstić information content (AvgIpc) is 3.52. The van der Waals surface area contributed by atoms with E-state index in [-0.39, 0.29) is 30.2 Å². The van der Waals surface area contributed by atoms with Crippen molar-refractivity contribution in [3.63, 3.8) is 0 Å². The lowest BCUT2D eigenvalue weighted by atomic mass is 9.90. The van der Waals surface area contributed by atoms with Crippen LogP contribution in [0.2, 0.25) is 0 Å². The van der Waals surface area contributed by atoms with Crippen LogP contribution in [-0.4, -0.2) is 58.3 Å². The molecule has 5 heterocycles. The molecule has 0 radical (unpaired) electrons. The number of aromatic nitrogens is 3. The van der Waals surface area contributed by atoms with E-state index in [0.717, 1.165) is 67.2 Å². The number of fused-ring (bicyclic) bond motifs is 1. The second kappa shape index (κ2) is 11.9. The van der Waals surface area contributed by atoms with Gasteiger partial charge in [0, 0.05) is 23.9 Å². The summed E-state index contributed by atoms with van der Waals surface area (Å²) in [6.45, 7) is 4.03. The number of rotatable bonds is 9. The summed E-state index contributed by atoms with van der Waals surface area (Å²) < 4.78 is 33.2. The highest BCUT2D eigenvalue weighted by atomic mass is 32.1. The number of pyridine rings is 1. The first-order valence-electron chi connectivity index (χ1n) is 13.7. The molecule has 2 aliphatic rings. The number of carbonyl (C=O) groups excluding carboxylic acids is 1. The fourth-order valence-electron chi connectivity index (χ4n) is 5.44. The number of piperidine rings is 1. The third-order valence-corrected chi connectivity index (χ3v) is 8.83. The van der Waals surface area contributed by atoms with Gasteiger partial charge in [-0.25, -0.2) is 19.2 Å². The summed E-state index contributed by atoms with van der Waals surface area (Å²) in [6.07, 6.45) is 4.74. The molecule has 3 aromatic heterocycles. The van der Waals surface area contributed by atoms with E-state index in [1.165, 1.54) is 24.5 Å². The maximum Gasteiger partial charge on any atom is 0.348 e. The molecule has 0 bridgehead atoms. The van der Waals surface area contributed by atoms with E-state index in [4.69, 9.17) is 24.5 Å². The van der Waals surface area contributed by atoms with Gasteiger partial charge in [-0.1, -0.05) is 12.1 Å². The zero-order valence-corrected chi connectivity index (χ0v) is 23.5. The fourth-order valence-corrected chi connectivity index (χ4v) is 6.41. The van der Waals surface area contributed by atoms with Gasteiger partial charge in [0.25, 0.3) is 0 Å². The number of hydrogen-bond donors (Lipinski definition) is 0. The molecule has 4 aromatic rings. The molecule has 0 unspecified atom stereocenters. The van der Waals surface area contributed by atoms with Crippen molar-refractivity contribution in [2.24, 2.45) is 0 Å². The number of carbonyl (C=O) groups is 1. The van der Waals surface area contributed by atoms with Crippen LogP contribution in [0.3, 0.4) is 0 Å². The molecule has 0 N–H and O–H groups in total. The normalized spacial score (nSPS) is 17.7. The summed E-state index contributed by atoms with van der Waals surface area (Å²) in [5, 5.41) is 8.98. The van der Waals surface area contributed by atoms with E-state index in [0.29, 0.717) is 22.9 Å². The second-order valence-corrected chi connectivity index (χ2v) is 11.4. The topological polar surface area (TPSA) is 103 Å². The Morgan fingerprint density at radius 1 is 1.24 bits per heavy atom. The van der Waals surface area contributed by atoms with Crippen molar-refractivity contribution in [1.82, 2.24) is 19.4 Å². The van der Waals surface area contributed by atoms with Gasteiger partial charge < -0.3 is 18.8 Å². The SMILES string of the molecule is COC(=O)c1cc2c(nc(CN3CCC(c4cccnc4OCc4ccc(C#N)cc4F)CC3)n2C[C@@H]2CCO2)s1. The predicted octanol–water partition coefficient (Wildman–Crippen LogP) is 5.04. The Balaban J connectivity index is 1.12. The number of ether oxygens (including phenoxy) is 3. The maximum atomic E-state index is 14.4. The Morgan fingerprint density at radius 2 is 2.07 bits per heavy atom. The summed E-state index contributed by atoms with van der Waals surface area (Å²) in [7, 11) is 1.39. The highest BCUT2D eigenvalue weighted by Gasteiger charge is 2.28. The summed E-state index contributed by atoms with van der Waals surface area (Å²) in [5.74, 6) is 0.969. The van der Waals surface area contributed by atoms with E-state index >= 15 is 0 Å². The Labute approximate surface area is 241 Å². The molecule has 1 atom stereocenters. The lowest BCUT2D eigenvalue weighted by molar-refractivity contribution is -0.0592. The minimum Gasteiger partial charge on any atom is -0.472 e. The molecular formula is C30H30FN5O4S. The average molecular weight is 576 g/mol. The summed E-state index contributed by atoms with van der Waals surface area (Å²) in [6, 6.07) is 12.2. The van der Waals surface area contributed by atoms with Crippen molar-refractivity contribution >= 4 is 27.7 Å². The van der Waals surface area contributed by atoms with E-state index in [1.807, 2.05) is 24.3 Å². The number of imidazole rings is 1. The molecule has 6 rings (SSSR count). The predicted molar refractivity (Wildman–Crippen MR) is 150 cm³/mol. The van der Waals surface area contributed by atoms with Crippen LogP contribution in [0.25, 0.3) is 10.3 Å². The van der Waals surface area contributed by atoms with Gasteiger partial charge in [0.15, 0.2) is 0 Å². The molecule has 2 aliphatic heterocycles. The summed E-state index contributed by atoms with van der Waals surface area (Å²) in [4.78, 5) is 25.2. The first kappa shape index (κ1) is 27.3. The molecule has 41 heavy (non-hydrogen) atoms. The summed E-state index contributed by atoms with van der Waals surface area (Å²) >= 11 is 1.36. The smallest absolute Gasteiger partial charge is 0.348 e. The van der Waals surface area contributed by atoms with Crippen LogP contribution in [0.1, 0.15) is 57.4 Å². The highest BCUT2D eigenvalue weighted by Crippen LogP contribution is 2.35. The Kier molecular flexibility index (Phi) is 7.96. The van der Waals surface area contributed by atoms with Crippen molar-refractivity contribution in [2.45, 2.75) is 51.0 Å². The second-order valence-electron chi connectivity index (χ2n) is 10.4. The van der Waals surface area contributed by atoms with Crippen molar-refractivity contribution in [3.05, 3.63) is 75.8 Å². The van der Waals surface area contributed by atoms with E-state index in [9.17, 15) is 9.18 Å². The molecule has 9 nitrogen and oxygen atoms in total. The molecular weight excluding hydrogens is 545 g/mol. The van der Waals surface area contributed by atoms with Gasteiger partial charge in [-0.3, -0.25) is 4.90 Å². The van der Waals surface area contributed by atoms with Gasteiger partial charge in [-0.15, -0.1) is 11.3 Å². The van der Waals surface area contributed by atoms with Crippen molar-refractivity contribution in [1.29, 1.82) is 5.26 Å². The van der Waals surface area contributed by atoms with Crippen molar-refractivity contribution in [2.75, 3.05) is 26.8 Å². The number of thiophene rings is 1. The minimum absolute atomic E-state index is 0.0442. The number of methoxy groups -OCH3 is 1. The van der Waals surface area contributed by atoms with Crippen molar-refractivity contribution < 1.29 is 23.4 Å². The van der Waals surface area contributed by atoms with Crippen molar-refractivity contribution in [3.8, 4) is 11.9 Å². The summed E-state index contributed by atoms with van der Waals surface area (Å²) in [5.41, 5.74) is 2.64. The molecule has 2 saturated heterocycles. The number of halogens is 1. The molecule has 0 amide bonds. The standard InChI is InChI=1S/C30H30FN5O4S/c1-38-30(37)26-14-25-29(41-26)34-27(36(25)16-22-8-12-39-22)17-35-10-6-20(7-11-35)23-3-2-9-33-28(23)40-18-21-5-4-19(15-32)13-24(21)31/h2-5,9,13-14,20,22H,6-8,10-12,16-18H2,1H3/t22-/m0/s1. The fraction of sp³-hybridized carbons (Fsp3) is 0.400. The molecule has 2 fully saturated rings. The minimum atomic E-state index is -0.460. The van der Waals surface area contributed by atoms with Gasteiger partial charge in [-0.05, 0) is 62.5 Å². The molecule has 1 aromatic carbocycles. The van der Waals surface area contributed by atoms with Gasteiger partial charge in [0.1, 0.15) is 28.0 Å². The third-order valence-electron chi connectivity index (χ3n) is 7.83. The lowest BCUT2D eigenvalue weighted by Crippen LogP contribution is -2.35. The zero-order valence-electron chi connectivity index (χ0n) is 22.7. The van der Waals surface area contributed by atoms with Gasteiger partial charge in [-0.2, -0.15) is 5.26 Å². The van der Waals surface area contributed by atoms with Crippen LogP contribution in [0.4, 0.5) is 4.39 Å². The van der Waals surface area contributed by atoms with Crippen LogP contribution < -0.4 is 4.74 Å². The third kappa shape index (κ3) is 5.81. The van der Waals surface area contributed by atoms with Crippen LogP contribution in [0.15, 0.2) is 42.6 Å². The van der Waals surface area contributed by atoms with E-state index in [1.54, 1.807) is 18.3 Å². The van der Waals surface area contributed by atoms with Crippen LogP contribution in [-0.2, 0) is 29.2 Å². The molecule has 0 spiro atoms. The monoisotopic (exact) mass is 575 g/mol. The lowest BCUT2D eigenvalue weighted by Gasteiger charge is -2.33. The first-order chi connectivity index (χ1) is 20.0. The molecule has 0 aliphatic carbocycles. The van der Waals surface area contributed by atoms with E-state index < -0.39 is 5.82 Å². The number of benzene rings is 1. The number of nitrogens with zero attached hydrogens (tertiary/aromatic N) is 5. The Morgan fingerprint density at radius 3 is 2.78 bits per heavy atom. The Hall–Kier alpha value is -3.85. The first-order valence-corrected chi connectivity index (χ1v) is 14.5. The van der Waals surface area contributed by atoms with Crippen LogP contribution >= 0.6 is 11.3 Å². The largest absolute Gasteiger partial charge is 0.472 e. The van der Waals surface area contributed by atoms with E-state index in [2.05, 4.69) is 14.5 Å². The number of esters is 1. The quantitative estimate of drug-likeness (QED) is 0.256. The number of likely N-dealkylation sites (tertiary alicyclic amines) is 1. The molecule has 212 valence electrons. The van der Waals surface area contributed by atoms with Gasteiger partial charge in [0.05, 0.1) is 43.5 Å². The number of hydrogen-bond acceptors (Lipinski definition) is 9. The number of nitriles is 1. The highest BCUT2D eigenvalue weighted by molar-refractivity contribution is 7.20. The van der Waals surface area contributed by atoms with Gasteiger partial charge >= 0.3 is 5.97 Å². The van der Waals surface area contributed by atoms with Gasteiger partial charge in [0.2, 0.25) is 5.88 Å². The molecule has 11 heteroatoms. The van der Waals surface area contributed by atoms with Crippen LogP contribution in [0.5, 0.6) is 5.88 Å². The molecule has 0 saturated carbocycles. The van der Waals surface area contributed by atoms with Crippen LogP contribution in [0, 0.1) is 17.1 Å². The Bertz CT molecular complexity index is 1600. The maximum absolute atomic E-state index is 14.4.